The van der Waals surface area contributed by atoms with Crippen LogP contribution in [0.25, 0.3) is 0 Å². The van der Waals surface area contributed by atoms with Gasteiger partial charge in [0.25, 0.3) is 11.8 Å². The highest BCUT2D eigenvalue weighted by Crippen LogP contribution is 2.29. The first kappa shape index (κ1) is 18.6. The van der Waals surface area contributed by atoms with Crippen molar-refractivity contribution in [3.8, 4) is 0 Å². The molecule has 2 aromatic carbocycles. The van der Waals surface area contributed by atoms with Gasteiger partial charge in [-0.1, -0.05) is 36.4 Å². The number of aromatic nitrogens is 1. The number of fused-ring (bicyclic) bond motifs is 2. The van der Waals surface area contributed by atoms with Crippen LogP contribution in [0.2, 0.25) is 0 Å². The van der Waals surface area contributed by atoms with Gasteiger partial charge in [0.05, 0.1) is 5.56 Å². The van der Waals surface area contributed by atoms with E-state index in [1.165, 1.54) is 17.3 Å². The lowest BCUT2D eigenvalue weighted by Gasteiger charge is -2.30. The van der Waals surface area contributed by atoms with Crippen LogP contribution in [-0.4, -0.2) is 29.9 Å². The molecule has 0 saturated carbocycles. The minimum atomic E-state index is -0.121. The third-order valence-corrected chi connectivity index (χ3v) is 5.94. The molecule has 0 radical (unpaired) electrons. The summed E-state index contributed by atoms with van der Waals surface area (Å²) in [6.45, 7) is 1.38. The van der Waals surface area contributed by atoms with Crippen LogP contribution in [0.5, 0.6) is 0 Å². The standard InChI is InChI=1S/C25H23N3O2/c29-24(27-15-5-9-18-7-1-3-11-22(18)27)20-13-14-21(26-17-20)25(30)28-16-6-10-19-8-2-4-12-23(19)28/h1-4,7-8,11-14,17H,5-6,9-10,15-16H2. The Morgan fingerprint density at radius 1 is 0.700 bits per heavy atom. The number of benzene rings is 2. The molecule has 2 amide bonds. The van der Waals surface area contributed by atoms with Crippen molar-refractivity contribution >= 4 is 23.2 Å². The number of pyridine rings is 1. The molecule has 150 valence electrons. The van der Waals surface area contributed by atoms with E-state index in [0.29, 0.717) is 24.3 Å². The molecule has 30 heavy (non-hydrogen) atoms. The van der Waals surface area contributed by atoms with Crippen molar-refractivity contribution in [2.45, 2.75) is 25.7 Å². The highest BCUT2D eigenvalue weighted by molar-refractivity contribution is 6.08. The van der Waals surface area contributed by atoms with E-state index in [1.54, 1.807) is 17.0 Å². The van der Waals surface area contributed by atoms with Crippen molar-refractivity contribution in [3.05, 3.63) is 89.2 Å². The van der Waals surface area contributed by atoms with Crippen molar-refractivity contribution in [3.63, 3.8) is 0 Å². The van der Waals surface area contributed by atoms with E-state index in [9.17, 15) is 9.59 Å². The largest absolute Gasteiger partial charge is 0.308 e. The summed E-state index contributed by atoms with van der Waals surface area (Å²) >= 11 is 0. The zero-order valence-electron chi connectivity index (χ0n) is 16.8. The van der Waals surface area contributed by atoms with E-state index >= 15 is 0 Å². The number of aryl methyl sites for hydroxylation is 2. The maximum Gasteiger partial charge on any atom is 0.276 e. The maximum absolute atomic E-state index is 13.1. The van der Waals surface area contributed by atoms with Gasteiger partial charge in [-0.15, -0.1) is 0 Å². The van der Waals surface area contributed by atoms with Crippen molar-refractivity contribution in [2.24, 2.45) is 0 Å². The van der Waals surface area contributed by atoms with Gasteiger partial charge in [-0.05, 0) is 61.1 Å². The lowest BCUT2D eigenvalue weighted by atomic mass is 10.0. The molecular weight excluding hydrogens is 374 g/mol. The van der Waals surface area contributed by atoms with Crippen LogP contribution in [0.15, 0.2) is 66.9 Å². The van der Waals surface area contributed by atoms with E-state index in [2.05, 4.69) is 17.1 Å². The average Bonchev–Trinajstić information content (AvgIpc) is 2.82. The Balaban J connectivity index is 1.38. The summed E-state index contributed by atoms with van der Waals surface area (Å²) in [5, 5.41) is 0. The van der Waals surface area contributed by atoms with Gasteiger partial charge in [-0.3, -0.25) is 14.6 Å². The Bertz CT molecular complexity index is 1020. The van der Waals surface area contributed by atoms with E-state index in [4.69, 9.17) is 0 Å². The van der Waals surface area contributed by atoms with Gasteiger partial charge < -0.3 is 9.80 Å². The molecule has 5 nitrogen and oxygen atoms in total. The van der Waals surface area contributed by atoms with Gasteiger partial charge in [0.2, 0.25) is 0 Å². The topological polar surface area (TPSA) is 53.5 Å². The summed E-state index contributed by atoms with van der Waals surface area (Å²) in [6.07, 6.45) is 5.39. The zero-order valence-corrected chi connectivity index (χ0v) is 16.8. The summed E-state index contributed by atoms with van der Waals surface area (Å²) in [7, 11) is 0. The maximum atomic E-state index is 13.1. The smallest absolute Gasteiger partial charge is 0.276 e. The number of carbonyl (C=O) groups excluding carboxylic acids is 2. The van der Waals surface area contributed by atoms with Gasteiger partial charge in [0, 0.05) is 30.7 Å². The van der Waals surface area contributed by atoms with Crippen LogP contribution in [0.4, 0.5) is 11.4 Å². The lowest BCUT2D eigenvalue weighted by Crippen LogP contribution is -2.36. The van der Waals surface area contributed by atoms with E-state index in [0.717, 1.165) is 37.1 Å². The van der Waals surface area contributed by atoms with Gasteiger partial charge in [0.1, 0.15) is 5.69 Å². The Kier molecular flexibility index (Phi) is 4.79. The first-order valence-electron chi connectivity index (χ1n) is 10.5. The van der Waals surface area contributed by atoms with Crippen LogP contribution in [0.1, 0.15) is 44.8 Å². The third-order valence-electron chi connectivity index (χ3n) is 5.94. The molecule has 3 heterocycles. The van der Waals surface area contributed by atoms with Gasteiger partial charge in [-0.25, -0.2) is 0 Å². The minimum absolute atomic E-state index is 0.0723. The van der Waals surface area contributed by atoms with Crippen LogP contribution < -0.4 is 9.80 Å². The predicted molar refractivity (Wildman–Crippen MR) is 117 cm³/mol. The molecule has 3 aromatic rings. The summed E-state index contributed by atoms with van der Waals surface area (Å²) in [5.74, 6) is -0.193. The zero-order chi connectivity index (χ0) is 20.5. The number of carbonyl (C=O) groups is 2. The summed E-state index contributed by atoms with van der Waals surface area (Å²) in [4.78, 5) is 34.1. The van der Waals surface area contributed by atoms with E-state index < -0.39 is 0 Å². The molecule has 0 unspecified atom stereocenters. The summed E-state index contributed by atoms with van der Waals surface area (Å²) < 4.78 is 0. The second-order valence-corrected chi connectivity index (χ2v) is 7.81. The second-order valence-electron chi connectivity index (χ2n) is 7.81. The number of hydrogen-bond donors (Lipinski definition) is 0. The molecule has 0 bridgehead atoms. The highest BCUT2D eigenvalue weighted by atomic mass is 16.2. The number of nitrogens with zero attached hydrogens (tertiary/aromatic N) is 3. The fourth-order valence-electron chi connectivity index (χ4n) is 4.43. The SMILES string of the molecule is O=C(c1ccc(C(=O)N2CCCc3ccccc32)nc1)N1CCCc2ccccc21. The van der Waals surface area contributed by atoms with Gasteiger partial charge in [-0.2, -0.15) is 0 Å². The molecule has 0 atom stereocenters. The molecule has 0 fully saturated rings. The molecular formula is C25H23N3O2. The van der Waals surface area contributed by atoms with Crippen molar-refractivity contribution in [1.29, 1.82) is 0 Å². The molecule has 5 rings (SSSR count). The van der Waals surface area contributed by atoms with Crippen molar-refractivity contribution in [2.75, 3.05) is 22.9 Å². The number of amides is 2. The summed E-state index contributed by atoms with van der Waals surface area (Å²) in [6, 6.07) is 19.4. The third kappa shape index (κ3) is 3.26. The van der Waals surface area contributed by atoms with Crippen LogP contribution in [0.3, 0.4) is 0 Å². The van der Waals surface area contributed by atoms with Crippen LogP contribution in [0, 0.1) is 0 Å². The first-order chi connectivity index (χ1) is 14.7. The average molecular weight is 397 g/mol. The van der Waals surface area contributed by atoms with E-state index in [1.807, 2.05) is 41.3 Å². The Morgan fingerprint density at radius 3 is 1.83 bits per heavy atom. The Hall–Kier alpha value is -3.47. The molecule has 0 spiro atoms. The first-order valence-corrected chi connectivity index (χ1v) is 10.5. The number of hydrogen-bond acceptors (Lipinski definition) is 3. The Labute approximate surface area is 176 Å². The normalized spacial score (nSPS) is 15.3. The minimum Gasteiger partial charge on any atom is -0.308 e. The molecule has 2 aliphatic rings. The fraction of sp³-hybridized carbons (Fsp3) is 0.240. The predicted octanol–water partition coefficient (Wildman–Crippen LogP) is 4.27. The number of rotatable bonds is 2. The van der Waals surface area contributed by atoms with Crippen molar-refractivity contribution in [1.82, 2.24) is 4.98 Å². The quantitative estimate of drug-likeness (QED) is 0.649. The highest BCUT2D eigenvalue weighted by Gasteiger charge is 2.26. The Morgan fingerprint density at radius 2 is 1.27 bits per heavy atom. The van der Waals surface area contributed by atoms with Crippen LogP contribution >= 0.6 is 0 Å². The molecule has 1 aromatic heterocycles. The van der Waals surface area contributed by atoms with Gasteiger partial charge in [0.15, 0.2) is 0 Å². The van der Waals surface area contributed by atoms with Gasteiger partial charge >= 0.3 is 0 Å². The van der Waals surface area contributed by atoms with E-state index in [-0.39, 0.29) is 11.8 Å². The molecule has 0 N–H and O–H groups in total. The molecule has 2 aliphatic heterocycles. The monoisotopic (exact) mass is 397 g/mol. The van der Waals surface area contributed by atoms with Crippen LogP contribution in [-0.2, 0) is 12.8 Å². The van der Waals surface area contributed by atoms with Crippen molar-refractivity contribution < 1.29 is 9.59 Å². The lowest BCUT2D eigenvalue weighted by molar-refractivity contribution is 0.0969. The fourth-order valence-corrected chi connectivity index (χ4v) is 4.43. The second kappa shape index (κ2) is 7.75. The molecule has 0 saturated heterocycles. The summed E-state index contributed by atoms with van der Waals surface area (Å²) in [5.41, 5.74) is 5.18. The number of anilines is 2. The number of para-hydroxylation sites is 2. The molecule has 0 aliphatic carbocycles. The molecule has 5 heteroatoms.